The molecule has 3 nitrogen and oxygen atoms in total. The van der Waals surface area contributed by atoms with Gasteiger partial charge in [-0.2, -0.15) is 0 Å². The highest BCUT2D eigenvalue weighted by Crippen LogP contribution is 2.33. The van der Waals surface area contributed by atoms with Crippen molar-refractivity contribution in [2.24, 2.45) is 0 Å². The summed E-state index contributed by atoms with van der Waals surface area (Å²) in [7, 11) is 0. The Balaban J connectivity index is 1.80. The molecule has 21 heavy (non-hydrogen) atoms. The fourth-order valence-electron chi connectivity index (χ4n) is 3.92. The van der Waals surface area contributed by atoms with Crippen LogP contribution in [-0.4, -0.2) is 36.1 Å². The number of rotatable bonds is 4. The molecular formula is C18H29N3. The summed E-state index contributed by atoms with van der Waals surface area (Å²) in [5.74, 6) is 1.19. The van der Waals surface area contributed by atoms with Crippen molar-refractivity contribution in [3.05, 3.63) is 23.4 Å². The highest BCUT2D eigenvalue weighted by atomic mass is 15.2. The maximum absolute atomic E-state index is 4.79. The van der Waals surface area contributed by atoms with E-state index in [1.54, 1.807) is 0 Å². The van der Waals surface area contributed by atoms with Crippen LogP contribution in [0, 0.1) is 6.92 Å². The Labute approximate surface area is 129 Å². The van der Waals surface area contributed by atoms with Crippen molar-refractivity contribution < 1.29 is 0 Å². The Morgan fingerprint density at radius 3 is 2.62 bits per heavy atom. The number of nitrogens with zero attached hydrogens (tertiary/aromatic N) is 3. The van der Waals surface area contributed by atoms with Crippen LogP contribution in [0.2, 0.25) is 0 Å². The molecule has 0 unspecified atom stereocenters. The van der Waals surface area contributed by atoms with Crippen LogP contribution in [0.4, 0.5) is 5.82 Å². The SMILES string of the molecule is CCCN1CCCC[C@@H]1c1cnc(N2CCCC2)cc1C. The molecule has 3 heterocycles. The van der Waals surface area contributed by atoms with Crippen LogP contribution in [0.1, 0.15) is 62.6 Å². The molecule has 0 aliphatic carbocycles. The topological polar surface area (TPSA) is 19.4 Å². The van der Waals surface area contributed by atoms with Gasteiger partial charge in [0.05, 0.1) is 0 Å². The average Bonchev–Trinajstić information content (AvgIpc) is 3.03. The van der Waals surface area contributed by atoms with Gasteiger partial charge in [-0.05, 0) is 69.3 Å². The lowest BCUT2D eigenvalue weighted by atomic mass is 9.93. The monoisotopic (exact) mass is 287 g/mol. The third kappa shape index (κ3) is 3.23. The van der Waals surface area contributed by atoms with E-state index >= 15 is 0 Å². The van der Waals surface area contributed by atoms with E-state index < -0.39 is 0 Å². The smallest absolute Gasteiger partial charge is 0.128 e. The molecule has 116 valence electrons. The Kier molecular flexibility index (Phi) is 4.79. The van der Waals surface area contributed by atoms with Gasteiger partial charge in [0.2, 0.25) is 0 Å². The summed E-state index contributed by atoms with van der Waals surface area (Å²) in [5, 5.41) is 0. The van der Waals surface area contributed by atoms with Crippen LogP contribution in [0.5, 0.6) is 0 Å². The summed E-state index contributed by atoms with van der Waals surface area (Å²) >= 11 is 0. The molecule has 0 aromatic carbocycles. The summed E-state index contributed by atoms with van der Waals surface area (Å²) in [6.07, 6.45) is 10.1. The number of hydrogen-bond donors (Lipinski definition) is 0. The first-order valence-electron chi connectivity index (χ1n) is 8.75. The van der Waals surface area contributed by atoms with Crippen LogP contribution in [0.25, 0.3) is 0 Å². The number of aryl methyl sites for hydroxylation is 1. The molecule has 2 saturated heterocycles. The van der Waals surface area contributed by atoms with Crippen LogP contribution >= 0.6 is 0 Å². The van der Waals surface area contributed by atoms with Gasteiger partial charge in [0, 0.05) is 25.3 Å². The summed E-state index contributed by atoms with van der Waals surface area (Å²) in [4.78, 5) is 9.89. The summed E-state index contributed by atoms with van der Waals surface area (Å²) in [5.41, 5.74) is 2.89. The maximum atomic E-state index is 4.79. The molecule has 1 atom stereocenters. The highest BCUT2D eigenvalue weighted by molar-refractivity contribution is 5.45. The lowest BCUT2D eigenvalue weighted by Gasteiger charge is -2.36. The molecule has 2 aliphatic heterocycles. The van der Waals surface area contributed by atoms with Crippen LogP contribution < -0.4 is 4.90 Å². The van der Waals surface area contributed by atoms with Crippen molar-refractivity contribution in [3.63, 3.8) is 0 Å². The zero-order chi connectivity index (χ0) is 14.7. The van der Waals surface area contributed by atoms with Crippen LogP contribution in [-0.2, 0) is 0 Å². The van der Waals surface area contributed by atoms with Crippen LogP contribution in [0.3, 0.4) is 0 Å². The molecule has 1 aromatic heterocycles. The third-order valence-corrected chi connectivity index (χ3v) is 5.05. The highest BCUT2D eigenvalue weighted by Gasteiger charge is 2.25. The van der Waals surface area contributed by atoms with Gasteiger partial charge in [-0.15, -0.1) is 0 Å². The Morgan fingerprint density at radius 2 is 1.90 bits per heavy atom. The predicted molar refractivity (Wildman–Crippen MR) is 88.9 cm³/mol. The second-order valence-corrected chi connectivity index (χ2v) is 6.64. The van der Waals surface area contributed by atoms with E-state index in [0.29, 0.717) is 6.04 Å². The first kappa shape index (κ1) is 14.8. The Hall–Kier alpha value is -1.09. The van der Waals surface area contributed by atoms with Gasteiger partial charge in [-0.25, -0.2) is 4.98 Å². The second kappa shape index (κ2) is 6.78. The zero-order valence-electron chi connectivity index (χ0n) is 13.6. The molecule has 0 bridgehead atoms. The lowest BCUT2D eigenvalue weighted by Crippen LogP contribution is -2.34. The van der Waals surface area contributed by atoms with Crippen molar-refractivity contribution in [1.82, 2.24) is 9.88 Å². The number of pyridine rings is 1. The molecule has 1 aromatic rings. The van der Waals surface area contributed by atoms with E-state index in [-0.39, 0.29) is 0 Å². The molecule has 2 aliphatic rings. The predicted octanol–water partition coefficient (Wildman–Crippen LogP) is 3.93. The van der Waals surface area contributed by atoms with Gasteiger partial charge in [-0.3, -0.25) is 4.90 Å². The fraction of sp³-hybridized carbons (Fsp3) is 0.722. The van der Waals surface area contributed by atoms with Crippen molar-refractivity contribution >= 4 is 5.82 Å². The van der Waals surface area contributed by atoms with Crippen LogP contribution in [0.15, 0.2) is 12.3 Å². The molecule has 3 heteroatoms. The van der Waals surface area contributed by atoms with Gasteiger partial charge >= 0.3 is 0 Å². The largest absolute Gasteiger partial charge is 0.357 e. The number of aromatic nitrogens is 1. The molecule has 0 saturated carbocycles. The standard InChI is InChI=1S/C18H29N3/c1-3-9-20-10-5-4-8-17(20)16-14-19-18(13-15(16)2)21-11-6-7-12-21/h13-14,17H,3-12H2,1-2H3/t17-/m1/s1. The minimum absolute atomic E-state index is 0.596. The van der Waals surface area contributed by atoms with Gasteiger partial charge in [-0.1, -0.05) is 13.3 Å². The fourth-order valence-corrected chi connectivity index (χ4v) is 3.92. The van der Waals surface area contributed by atoms with Gasteiger partial charge in [0.25, 0.3) is 0 Å². The van der Waals surface area contributed by atoms with E-state index in [2.05, 4.69) is 35.9 Å². The third-order valence-electron chi connectivity index (χ3n) is 5.05. The van der Waals surface area contributed by atoms with Gasteiger partial charge < -0.3 is 4.90 Å². The van der Waals surface area contributed by atoms with Gasteiger partial charge in [0.1, 0.15) is 5.82 Å². The lowest BCUT2D eigenvalue weighted by molar-refractivity contribution is 0.148. The van der Waals surface area contributed by atoms with Crippen molar-refractivity contribution in [2.75, 3.05) is 31.1 Å². The zero-order valence-corrected chi connectivity index (χ0v) is 13.6. The van der Waals surface area contributed by atoms with Crippen molar-refractivity contribution in [3.8, 4) is 0 Å². The van der Waals surface area contributed by atoms with E-state index in [1.165, 1.54) is 81.6 Å². The van der Waals surface area contributed by atoms with Gasteiger partial charge in [0.15, 0.2) is 0 Å². The van der Waals surface area contributed by atoms with E-state index in [1.807, 2.05) is 0 Å². The van der Waals surface area contributed by atoms with Crippen molar-refractivity contribution in [1.29, 1.82) is 0 Å². The minimum Gasteiger partial charge on any atom is -0.357 e. The molecule has 0 spiro atoms. The molecule has 0 N–H and O–H groups in total. The molecular weight excluding hydrogens is 258 g/mol. The Morgan fingerprint density at radius 1 is 1.14 bits per heavy atom. The first-order chi connectivity index (χ1) is 10.3. The number of piperidine rings is 1. The normalized spacial score (nSPS) is 23.7. The van der Waals surface area contributed by atoms with E-state index in [0.717, 1.165) is 0 Å². The molecule has 0 radical (unpaired) electrons. The number of anilines is 1. The molecule has 0 amide bonds. The number of hydrogen-bond acceptors (Lipinski definition) is 3. The number of likely N-dealkylation sites (tertiary alicyclic amines) is 1. The summed E-state index contributed by atoms with van der Waals surface area (Å²) < 4.78 is 0. The van der Waals surface area contributed by atoms with Crippen molar-refractivity contribution in [2.45, 2.75) is 58.4 Å². The second-order valence-electron chi connectivity index (χ2n) is 6.64. The first-order valence-corrected chi connectivity index (χ1v) is 8.75. The van der Waals surface area contributed by atoms with E-state index in [9.17, 15) is 0 Å². The molecule has 2 fully saturated rings. The summed E-state index contributed by atoms with van der Waals surface area (Å²) in [6.45, 7) is 9.39. The molecule has 3 rings (SSSR count). The quantitative estimate of drug-likeness (QED) is 0.836. The minimum atomic E-state index is 0.596. The Bertz CT molecular complexity index is 464. The average molecular weight is 287 g/mol. The van der Waals surface area contributed by atoms with E-state index in [4.69, 9.17) is 4.98 Å². The summed E-state index contributed by atoms with van der Waals surface area (Å²) in [6, 6.07) is 2.91. The maximum Gasteiger partial charge on any atom is 0.128 e.